The maximum atomic E-state index is 12.8. The molecule has 1 atom stereocenters. The Labute approximate surface area is 168 Å². The van der Waals surface area contributed by atoms with Crippen molar-refractivity contribution in [2.45, 2.75) is 19.2 Å². The normalized spacial score (nSPS) is 14.3. The van der Waals surface area contributed by atoms with E-state index >= 15 is 0 Å². The molecule has 0 aliphatic carbocycles. The Hall–Kier alpha value is -3.69. The summed E-state index contributed by atoms with van der Waals surface area (Å²) < 4.78 is 42.8. The topological polar surface area (TPSA) is 84.0 Å². The lowest BCUT2D eigenvalue weighted by Gasteiger charge is -2.32. The fourth-order valence-corrected chi connectivity index (χ4v) is 2.98. The third kappa shape index (κ3) is 4.02. The first-order valence-corrected chi connectivity index (χ1v) is 8.70. The monoisotopic (exact) mass is 420 g/mol. The number of benzene rings is 2. The molecule has 156 valence electrons. The van der Waals surface area contributed by atoms with Crippen molar-refractivity contribution in [3.8, 4) is 0 Å². The molecular weight excluding hydrogens is 405 g/mol. The fourth-order valence-electron chi connectivity index (χ4n) is 2.98. The minimum Gasteiger partial charge on any atom is -0.449 e. The van der Waals surface area contributed by atoms with Crippen LogP contribution in [0.1, 0.15) is 39.3 Å². The Morgan fingerprint density at radius 1 is 0.967 bits per heavy atom. The fraction of sp³-hybridized carbons (Fsp3) is 0.200. The van der Waals surface area contributed by atoms with Crippen LogP contribution in [0.4, 0.5) is 13.2 Å². The SMILES string of the molecule is CC(=O)N(CC(OC(=O)C(F)(F)F)c1ccccc1)N1C(=O)c2ccccc2C1=O. The quantitative estimate of drug-likeness (QED) is 0.549. The highest BCUT2D eigenvalue weighted by Crippen LogP contribution is 2.29. The third-order valence-electron chi connectivity index (χ3n) is 4.37. The van der Waals surface area contributed by atoms with E-state index in [4.69, 9.17) is 0 Å². The van der Waals surface area contributed by atoms with Crippen molar-refractivity contribution < 1.29 is 37.1 Å². The molecule has 1 unspecified atom stereocenters. The molecule has 3 rings (SSSR count). The number of hydrazine groups is 1. The van der Waals surface area contributed by atoms with Crippen LogP contribution in [0, 0.1) is 0 Å². The molecule has 0 aromatic heterocycles. The van der Waals surface area contributed by atoms with Gasteiger partial charge in [0, 0.05) is 6.92 Å². The summed E-state index contributed by atoms with van der Waals surface area (Å²) in [6.45, 7) is 0.365. The van der Waals surface area contributed by atoms with E-state index in [1.165, 1.54) is 48.5 Å². The maximum absolute atomic E-state index is 12.8. The molecule has 0 bridgehead atoms. The molecule has 30 heavy (non-hydrogen) atoms. The van der Waals surface area contributed by atoms with E-state index < -0.39 is 42.5 Å². The number of amides is 3. The number of ether oxygens (including phenoxy) is 1. The highest BCUT2D eigenvalue weighted by atomic mass is 19.4. The van der Waals surface area contributed by atoms with Crippen molar-refractivity contribution in [3.63, 3.8) is 0 Å². The van der Waals surface area contributed by atoms with Gasteiger partial charge in [-0.25, -0.2) is 9.80 Å². The van der Waals surface area contributed by atoms with E-state index in [9.17, 15) is 32.3 Å². The first kappa shape index (κ1) is 21.0. The summed E-state index contributed by atoms with van der Waals surface area (Å²) in [6, 6.07) is 13.3. The molecule has 2 aromatic rings. The van der Waals surface area contributed by atoms with Crippen molar-refractivity contribution in [3.05, 3.63) is 71.3 Å². The highest BCUT2D eigenvalue weighted by Gasteiger charge is 2.45. The first-order chi connectivity index (χ1) is 14.1. The van der Waals surface area contributed by atoms with Gasteiger partial charge in [0.1, 0.15) is 6.10 Å². The zero-order valence-electron chi connectivity index (χ0n) is 15.6. The summed E-state index contributed by atoms with van der Waals surface area (Å²) in [6.07, 6.45) is -6.84. The second-order valence-electron chi connectivity index (χ2n) is 6.37. The van der Waals surface area contributed by atoms with E-state index in [0.29, 0.717) is 10.0 Å². The Bertz CT molecular complexity index is 972. The van der Waals surface area contributed by atoms with Crippen LogP contribution in [0.15, 0.2) is 54.6 Å². The van der Waals surface area contributed by atoms with E-state index in [2.05, 4.69) is 4.74 Å². The van der Waals surface area contributed by atoms with E-state index in [1.807, 2.05) is 0 Å². The van der Waals surface area contributed by atoms with E-state index in [1.54, 1.807) is 6.07 Å². The molecular formula is C20H15F3N2O5. The molecule has 1 heterocycles. The van der Waals surface area contributed by atoms with Gasteiger partial charge in [-0.1, -0.05) is 42.5 Å². The number of alkyl halides is 3. The minimum atomic E-state index is -5.26. The van der Waals surface area contributed by atoms with Gasteiger partial charge in [0.25, 0.3) is 11.8 Å². The molecule has 7 nitrogen and oxygen atoms in total. The van der Waals surface area contributed by atoms with Crippen molar-refractivity contribution in [1.82, 2.24) is 10.0 Å². The largest absolute Gasteiger partial charge is 0.490 e. The summed E-state index contributed by atoms with van der Waals surface area (Å²) in [4.78, 5) is 49.0. The Balaban J connectivity index is 1.95. The lowest BCUT2D eigenvalue weighted by atomic mass is 10.1. The van der Waals surface area contributed by atoms with Gasteiger partial charge in [0.15, 0.2) is 0 Å². The summed E-state index contributed by atoms with van der Waals surface area (Å²) in [5, 5.41) is 1.22. The number of nitrogens with zero attached hydrogens (tertiary/aromatic N) is 2. The Morgan fingerprint density at radius 2 is 1.47 bits per heavy atom. The van der Waals surface area contributed by atoms with Gasteiger partial charge in [-0.2, -0.15) is 18.2 Å². The predicted octanol–water partition coefficient (Wildman–Crippen LogP) is 2.89. The first-order valence-electron chi connectivity index (χ1n) is 8.70. The zero-order chi connectivity index (χ0) is 22.1. The standard InChI is InChI=1S/C20H15F3N2O5/c1-12(26)24(25-17(27)14-9-5-6-10-15(14)18(25)28)11-16(13-7-3-2-4-8-13)30-19(29)20(21,22)23/h2-10,16H,11H2,1H3. The van der Waals surface area contributed by atoms with Crippen LogP contribution in [0.5, 0.6) is 0 Å². The summed E-state index contributed by atoms with van der Waals surface area (Å²) in [5.41, 5.74) is 0.257. The Kier molecular flexibility index (Phi) is 5.59. The number of fused-ring (bicyclic) bond motifs is 1. The highest BCUT2D eigenvalue weighted by molar-refractivity contribution is 6.21. The molecule has 2 aromatic carbocycles. The number of rotatable bonds is 5. The van der Waals surface area contributed by atoms with Crippen LogP contribution in [-0.4, -0.2) is 46.4 Å². The van der Waals surface area contributed by atoms with Crippen LogP contribution in [0.2, 0.25) is 0 Å². The lowest BCUT2D eigenvalue weighted by molar-refractivity contribution is -0.207. The van der Waals surface area contributed by atoms with Crippen LogP contribution in [0.3, 0.4) is 0 Å². The van der Waals surface area contributed by atoms with Crippen LogP contribution < -0.4 is 0 Å². The molecule has 0 saturated carbocycles. The number of esters is 1. The van der Waals surface area contributed by atoms with Gasteiger partial charge >= 0.3 is 12.1 Å². The molecule has 10 heteroatoms. The molecule has 0 N–H and O–H groups in total. The molecule has 1 aliphatic rings. The van der Waals surface area contributed by atoms with Gasteiger partial charge in [-0.3, -0.25) is 14.4 Å². The Morgan fingerprint density at radius 3 is 1.93 bits per heavy atom. The molecule has 0 spiro atoms. The van der Waals surface area contributed by atoms with Crippen molar-refractivity contribution >= 4 is 23.7 Å². The molecule has 3 amide bonds. The summed E-state index contributed by atoms with van der Waals surface area (Å²) in [5.74, 6) is -4.87. The van der Waals surface area contributed by atoms with Gasteiger partial charge in [-0.05, 0) is 17.7 Å². The lowest BCUT2D eigenvalue weighted by Crippen LogP contribution is -2.51. The molecule has 0 radical (unpaired) electrons. The van der Waals surface area contributed by atoms with E-state index in [-0.39, 0.29) is 16.7 Å². The smallest absolute Gasteiger partial charge is 0.449 e. The second kappa shape index (κ2) is 7.97. The van der Waals surface area contributed by atoms with Crippen LogP contribution in [0.25, 0.3) is 0 Å². The molecule has 0 saturated heterocycles. The van der Waals surface area contributed by atoms with Crippen molar-refractivity contribution in [1.29, 1.82) is 0 Å². The zero-order valence-corrected chi connectivity index (χ0v) is 15.6. The summed E-state index contributed by atoms with van der Waals surface area (Å²) in [7, 11) is 0. The van der Waals surface area contributed by atoms with Crippen molar-refractivity contribution in [2.24, 2.45) is 0 Å². The predicted molar refractivity (Wildman–Crippen MR) is 95.7 cm³/mol. The van der Waals surface area contributed by atoms with Crippen LogP contribution >= 0.6 is 0 Å². The van der Waals surface area contributed by atoms with Gasteiger partial charge in [-0.15, -0.1) is 0 Å². The van der Waals surface area contributed by atoms with Gasteiger partial charge < -0.3 is 4.74 Å². The number of hydrogen-bond donors (Lipinski definition) is 0. The summed E-state index contributed by atoms with van der Waals surface area (Å²) >= 11 is 0. The number of halogens is 3. The van der Waals surface area contributed by atoms with Crippen molar-refractivity contribution in [2.75, 3.05) is 6.54 Å². The maximum Gasteiger partial charge on any atom is 0.490 e. The van der Waals surface area contributed by atoms with E-state index in [0.717, 1.165) is 6.92 Å². The van der Waals surface area contributed by atoms with Crippen LogP contribution in [-0.2, 0) is 14.3 Å². The van der Waals surface area contributed by atoms with Gasteiger partial charge in [0.05, 0.1) is 17.7 Å². The third-order valence-corrected chi connectivity index (χ3v) is 4.37. The number of carbonyl (C=O) groups is 4. The number of carbonyl (C=O) groups excluding carboxylic acids is 4. The van der Waals surface area contributed by atoms with Gasteiger partial charge in [0.2, 0.25) is 5.91 Å². The number of imide groups is 1. The second-order valence-corrected chi connectivity index (χ2v) is 6.37. The molecule has 1 aliphatic heterocycles. The average molecular weight is 420 g/mol. The molecule has 0 fully saturated rings. The minimum absolute atomic E-state index is 0.0531. The number of hydrogen-bond acceptors (Lipinski definition) is 5. The average Bonchev–Trinajstić information content (AvgIpc) is 2.95.